The summed E-state index contributed by atoms with van der Waals surface area (Å²) < 4.78 is 25.9. The lowest BCUT2D eigenvalue weighted by atomic mass is 9.48. The largest absolute Gasteiger partial charge is 0.496 e. The van der Waals surface area contributed by atoms with Crippen molar-refractivity contribution in [3.8, 4) is 34.2 Å². The van der Waals surface area contributed by atoms with Crippen molar-refractivity contribution in [2.24, 2.45) is 23.7 Å². The summed E-state index contributed by atoms with van der Waals surface area (Å²) in [4.78, 5) is 31.4. The van der Waals surface area contributed by atoms with Crippen molar-refractivity contribution in [1.29, 1.82) is 0 Å². The third-order valence-corrected chi connectivity index (χ3v) is 11.9. The van der Waals surface area contributed by atoms with Gasteiger partial charge in [0.2, 0.25) is 0 Å². The Balaban J connectivity index is 1.36. The van der Waals surface area contributed by atoms with Crippen LogP contribution in [0.4, 0.5) is 0 Å². The first kappa shape index (κ1) is 40.6. The number of methoxy groups -OCH3 is 2. The second-order valence-electron chi connectivity index (χ2n) is 17.3. The summed E-state index contributed by atoms with van der Waals surface area (Å²) in [6, 6.07) is 13.5. The van der Waals surface area contributed by atoms with Crippen LogP contribution < -0.4 is 24.8 Å². The molecule has 4 fully saturated rings. The highest BCUT2D eigenvalue weighted by atomic mass is 16.6. The number of rotatable bonds is 17. The summed E-state index contributed by atoms with van der Waals surface area (Å²) in [5.41, 5.74) is 1.53. The molecule has 2 aromatic carbocycles. The predicted octanol–water partition coefficient (Wildman–Crippen LogP) is 7.26. The van der Waals surface area contributed by atoms with Gasteiger partial charge in [0.1, 0.15) is 28.4 Å². The first-order valence-corrected chi connectivity index (χ1v) is 20.3. The Hall–Kier alpha value is -4.09. The monoisotopic (exact) mass is 757 g/mol. The number of hydrogen-bond donors (Lipinski definition) is 2. The molecule has 3 aromatic rings. The number of nitrogens with one attached hydrogen (secondary N) is 2. The normalized spacial score (nSPS) is 23.0. The zero-order valence-corrected chi connectivity index (χ0v) is 34.5. The number of amides is 1. The fourth-order valence-electron chi connectivity index (χ4n) is 9.53. The van der Waals surface area contributed by atoms with Gasteiger partial charge < -0.3 is 34.5 Å². The topological polar surface area (TPSA) is 116 Å². The van der Waals surface area contributed by atoms with E-state index in [2.05, 4.69) is 42.5 Å². The predicted molar refractivity (Wildman–Crippen MR) is 215 cm³/mol. The number of carbonyl (C=O) groups excluding carboxylic acids is 2. The molecule has 0 spiro atoms. The molecule has 7 rings (SSSR count). The van der Waals surface area contributed by atoms with Gasteiger partial charge in [-0.05, 0) is 164 Å². The van der Waals surface area contributed by atoms with Crippen molar-refractivity contribution in [3.05, 3.63) is 53.7 Å². The van der Waals surface area contributed by atoms with Crippen molar-refractivity contribution in [2.75, 3.05) is 54.6 Å². The van der Waals surface area contributed by atoms with E-state index in [1.165, 1.54) is 6.42 Å². The van der Waals surface area contributed by atoms with Crippen LogP contribution in [-0.2, 0) is 9.53 Å². The average molecular weight is 758 g/mol. The van der Waals surface area contributed by atoms with E-state index in [0.29, 0.717) is 41.2 Å². The van der Waals surface area contributed by atoms with Crippen molar-refractivity contribution < 1.29 is 28.5 Å². The van der Waals surface area contributed by atoms with Gasteiger partial charge in [0, 0.05) is 6.54 Å². The third-order valence-electron chi connectivity index (χ3n) is 11.9. The number of esters is 1. The van der Waals surface area contributed by atoms with E-state index in [-0.39, 0.29) is 29.4 Å². The van der Waals surface area contributed by atoms with E-state index in [0.717, 1.165) is 75.2 Å². The number of ether oxygens (including phenoxy) is 4. The van der Waals surface area contributed by atoms with Crippen LogP contribution in [0, 0.1) is 23.7 Å². The minimum atomic E-state index is -1.10. The molecule has 1 amide bonds. The second-order valence-corrected chi connectivity index (χ2v) is 17.3. The van der Waals surface area contributed by atoms with Gasteiger partial charge in [-0.15, -0.1) is 0 Å². The SMILES string of the molecule is CNCCCN(C)CCCOc1ccc(-n2nc(C(=O)NC3(C(=O)OC(C)(C)C)C4CC5CC(C4)CC3C5)cc2-c2c(OC)cccc2OC)c(C(C)C)c1. The van der Waals surface area contributed by atoms with E-state index < -0.39 is 17.0 Å². The molecular formula is C44H63N5O6. The maximum absolute atomic E-state index is 14.7. The van der Waals surface area contributed by atoms with Gasteiger partial charge in [-0.25, -0.2) is 9.48 Å². The highest BCUT2D eigenvalue weighted by Gasteiger charge is 2.63. The molecule has 1 heterocycles. The highest BCUT2D eigenvalue weighted by Crippen LogP contribution is 2.59. The summed E-state index contributed by atoms with van der Waals surface area (Å²) >= 11 is 0. The van der Waals surface area contributed by atoms with Crippen molar-refractivity contribution in [1.82, 2.24) is 25.3 Å². The number of carbonyl (C=O) groups is 2. The summed E-state index contributed by atoms with van der Waals surface area (Å²) in [5, 5.41) is 11.6. The van der Waals surface area contributed by atoms with Gasteiger partial charge in [-0.2, -0.15) is 5.10 Å². The van der Waals surface area contributed by atoms with Gasteiger partial charge in [0.25, 0.3) is 5.91 Å². The van der Waals surface area contributed by atoms with Gasteiger partial charge in [-0.1, -0.05) is 19.9 Å². The minimum absolute atomic E-state index is 0.0252. The summed E-state index contributed by atoms with van der Waals surface area (Å²) in [5.74, 6) is 2.57. The molecule has 11 heteroatoms. The Morgan fingerprint density at radius 1 is 0.945 bits per heavy atom. The highest BCUT2D eigenvalue weighted by molar-refractivity contribution is 5.98. The lowest BCUT2D eigenvalue weighted by molar-refractivity contribution is -0.180. The van der Waals surface area contributed by atoms with Gasteiger partial charge in [-0.3, -0.25) is 4.79 Å². The zero-order chi connectivity index (χ0) is 39.5. The van der Waals surface area contributed by atoms with E-state index in [4.69, 9.17) is 24.0 Å². The molecule has 4 bridgehead atoms. The van der Waals surface area contributed by atoms with Crippen LogP contribution in [0.15, 0.2) is 42.5 Å². The second kappa shape index (κ2) is 17.0. The Kier molecular flexibility index (Phi) is 12.5. The van der Waals surface area contributed by atoms with E-state index in [9.17, 15) is 9.59 Å². The first-order valence-electron chi connectivity index (χ1n) is 20.3. The molecule has 0 radical (unpaired) electrons. The standard InChI is InChI=1S/C44H63N5O6/c1-28(2)34-26-33(54-20-12-19-48(7)18-11-17-45-6)15-16-36(34)49-37(40-38(52-8)13-10-14-39(40)53-9)27-35(47-49)41(50)46-44(42(51)55-43(3,4)5)31-22-29-21-30(24-31)25-32(44)23-29/h10,13-16,26-32,45H,11-12,17-25H2,1-9H3,(H,46,50). The Labute approximate surface area is 327 Å². The van der Waals surface area contributed by atoms with Crippen molar-refractivity contribution in [2.45, 2.75) is 96.6 Å². The number of hydrogen-bond acceptors (Lipinski definition) is 9. The van der Waals surface area contributed by atoms with Crippen LogP contribution in [0.25, 0.3) is 16.9 Å². The number of aromatic nitrogens is 2. The fourth-order valence-corrected chi connectivity index (χ4v) is 9.53. The van der Waals surface area contributed by atoms with E-state index in [1.807, 2.05) is 62.8 Å². The Morgan fingerprint density at radius 2 is 1.58 bits per heavy atom. The summed E-state index contributed by atoms with van der Waals surface area (Å²) in [7, 11) is 7.37. The molecular weight excluding hydrogens is 695 g/mol. The lowest BCUT2D eigenvalue weighted by Crippen LogP contribution is -2.71. The number of nitrogens with zero attached hydrogens (tertiary/aromatic N) is 3. The maximum Gasteiger partial charge on any atom is 0.332 e. The molecule has 300 valence electrons. The van der Waals surface area contributed by atoms with Crippen LogP contribution in [-0.4, -0.2) is 92.3 Å². The minimum Gasteiger partial charge on any atom is -0.496 e. The maximum atomic E-state index is 14.7. The molecule has 4 aliphatic rings. The summed E-state index contributed by atoms with van der Waals surface area (Å²) in [6.45, 7) is 13.6. The zero-order valence-electron chi connectivity index (χ0n) is 34.5. The Bertz CT molecular complexity index is 1760. The molecule has 4 saturated carbocycles. The van der Waals surface area contributed by atoms with E-state index in [1.54, 1.807) is 20.3 Å². The van der Waals surface area contributed by atoms with Crippen LogP contribution in [0.1, 0.15) is 102 Å². The third kappa shape index (κ3) is 8.68. The average Bonchev–Trinajstić information content (AvgIpc) is 3.58. The fraction of sp³-hybridized carbons (Fsp3) is 0.614. The van der Waals surface area contributed by atoms with Crippen molar-refractivity contribution in [3.63, 3.8) is 0 Å². The molecule has 1 aromatic heterocycles. The van der Waals surface area contributed by atoms with Crippen LogP contribution in [0.5, 0.6) is 17.2 Å². The summed E-state index contributed by atoms with van der Waals surface area (Å²) in [6.07, 6.45) is 6.93. The first-order chi connectivity index (χ1) is 26.3. The molecule has 0 atom stereocenters. The molecule has 2 N–H and O–H groups in total. The molecule has 0 unspecified atom stereocenters. The van der Waals surface area contributed by atoms with Crippen LogP contribution in [0.2, 0.25) is 0 Å². The molecule has 0 saturated heterocycles. The lowest BCUT2D eigenvalue weighted by Gasteiger charge is -2.59. The van der Waals surface area contributed by atoms with Gasteiger partial charge in [0.15, 0.2) is 5.69 Å². The van der Waals surface area contributed by atoms with E-state index >= 15 is 0 Å². The number of benzene rings is 2. The van der Waals surface area contributed by atoms with Crippen LogP contribution >= 0.6 is 0 Å². The molecule has 11 nitrogen and oxygen atoms in total. The molecule has 0 aliphatic heterocycles. The smallest absolute Gasteiger partial charge is 0.332 e. The van der Waals surface area contributed by atoms with Crippen molar-refractivity contribution >= 4 is 11.9 Å². The molecule has 4 aliphatic carbocycles. The Morgan fingerprint density at radius 3 is 2.16 bits per heavy atom. The van der Waals surface area contributed by atoms with Gasteiger partial charge >= 0.3 is 5.97 Å². The quantitative estimate of drug-likeness (QED) is 0.109. The van der Waals surface area contributed by atoms with Gasteiger partial charge in [0.05, 0.1) is 37.8 Å². The van der Waals surface area contributed by atoms with Crippen LogP contribution in [0.3, 0.4) is 0 Å². The molecule has 55 heavy (non-hydrogen) atoms.